The number of tetrazole rings is 1. The fourth-order valence-corrected chi connectivity index (χ4v) is 2.82. The molecule has 1 heterocycles. The predicted octanol–water partition coefficient (Wildman–Crippen LogP) is 0.507. The van der Waals surface area contributed by atoms with Crippen molar-refractivity contribution in [2.45, 2.75) is 13.0 Å². The van der Waals surface area contributed by atoms with Crippen LogP contribution in [0.2, 0.25) is 0 Å². The molecule has 0 aliphatic rings. The summed E-state index contributed by atoms with van der Waals surface area (Å²) in [5, 5.41) is 14.2. The van der Waals surface area contributed by atoms with Crippen LogP contribution in [0.4, 0.5) is 5.69 Å². The summed E-state index contributed by atoms with van der Waals surface area (Å²) in [4.78, 5) is 0. The summed E-state index contributed by atoms with van der Waals surface area (Å²) < 4.78 is 24.1. The molecule has 1 N–H and O–H groups in total. The van der Waals surface area contributed by atoms with E-state index in [9.17, 15) is 8.42 Å². The van der Waals surface area contributed by atoms with Gasteiger partial charge in [-0.25, -0.2) is 8.42 Å². The van der Waals surface area contributed by atoms with Gasteiger partial charge >= 0.3 is 0 Å². The molecular formula is C11H15N5O2S. The number of sulfone groups is 1. The average molecular weight is 281 g/mol. The van der Waals surface area contributed by atoms with E-state index in [4.69, 9.17) is 0 Å². The van der Waals surface area contributed by atoms with Crippen molar-refractivity contribution in [2.24, 2.45) is 0 Å². The smallest absolute Gasteiger partial charge is 0.149 e. The summed E-state index contributed by atoms with van der Waals surface area (Å²) >= 11 is 0. The number of para-hydroxylation sites is 2. The fourth-order valence-electron chi connectivity index (χ4n) is 1.83. The van der Waals surface area contributed by atoms with Crippen LogP contribution >= 0.6 is 0 Å². The fraction of sp³-hybridized carbons (Fsp3) is 0.364. The van der Waals surface area contributed by atoms with Crippen molar-refractivity contribution in [1.29, 1.82) is 0 Å². The third-order valence-electron chi connectivity index (χ3n) is 2.45. The molecule has 8 heteroatoms. The van der Waals surface area contributed by atoms with E-state index in [1.54, 1.807) is 0 Å². The molecule has 2 rings (SSSR count). The van der Waals surface area contributed by atoms with E-state index >= 15 is 0 Å². The van der Waals surface area contributed by atoms with E-state index in [2.05, 4.69) is 20.8 Å². The highest BCUT2D eigenvalue weighted by Gasteiger charge is 2.12. The van der Waals surface area contributed by atoms with Gasteiger partial charge in [-0.2, -0.15) is 4.68 Å². The van der Waals surface area contributed by atoms with E-state index in [1.807, 2.05) is 31.2 Å². The first kappa shape index (κ1) is 13.5. The second-order valence-corrected chi connectivity index (χ2v) is 6.59. The Morgan fingerprint density at radius 1 is 1.37 bits per heavy atom. The van der Waals surface area contributed by atoms with Gasteiger partial charge in [-0.1, -0.05) is 12.1 Å². The van der Waals surface area contributed by atoms with E-state index in [0.29, 0.717) is 0 Å². The molecule has 0 aliphatic carbocycles. The lowest BCUT2D eigenvalue weighted by atomic mass is 10.2. The van der Waals surface area contributed by atoms with E-state index in [1.165, 1.54) is 17.3 Å². The monoisotopic (exact) mass is 281 g/mol. The molecule has 0 aliphatic heterocycles. The van der Waals surface area contributed by atoms with Gasteiger partial charge in [0.25, 0.3) is 0 Å². The zero-order valence-electron chi connectivity index (χ0n) is 10.7. The molecule has 0 saturated carbocycles. The molecule has 1 aromatic carbocycles. The van der Waals surface area contributed by atoms with Crippen LogP contribution in [0.5, 0.6) is 0 Å². The van der Waals surface area contributed by atoms with Gasteiger partial charge in [-0.15, -0.1) is 5.10 Å². The standard InChI is InChI=1S/C11H15N5O2S/c1-9(7-19(2,17)18)13-10-5-3-4-6-11(10)16-8-12-14-15-16/h3-6,8-9,13H,7H2,1-2H3. The van der Waals surface area contributed by atoms with Crippen LogP contribution in [0.3, 0.4) is 0 Å². The van der Waals surface area contributed by atoms with Gasteiger partial charge in [0.1, 0.15) is 16.2 Å². The Kier molecular flexibility index (Phi) is 3.79. The van der Waals surface area contributed by atoms with Crippen LogP contribution in [0.15, 0.2) is 30.6 Å². The van der Waals surface area contributed by atoms with Crippen molar-refractivity contribution in [3.8, 4) is 5.69 Å². The SMILES string of the molecule is CC(CS(C)(=O)=O)Nc1ccccc1-n1cnnn1. The lowest BCUT2D eigenvalue weighted by molar-refractivity contribution is 0.598. The Hall–Kier alpha value is -1.96. The Labute approximate surface area is 111 Å². The first-order valence-electron chi connectivity index (χ1n) is 5.72. The molecule has 1 unspecified atom stereocenters. The normalized spacial score (nSPS) is 13.2. The van der Waals surface area contributed by atoms with Gasteiger partial charge in [-0.05, 0) is 29.5 Å². The van der Waals surface area contributed by atoms with Gasteiger partial charge < -0.3 is 5.32 Å². The summed E-state index contributed by atoms with van der Waals surface area (Å²) in [7, 11) is -3.02. The second-order valence-electron chi connectivity index (χ2n) is 4.41. The molecule has 0 amide bonds. The van der Waals surface area contributed by atoms with Crippen molar-refractivity contribution in [2.75, 3.05) is 17.3 Å². The molecule has 1 aromatic heterocycles. The zero-order chi connectivity index (χ0) is 13.9. The lowest BCUT2D eigenvalue weighted by Gasteiger charge is -2.16. The van der Waals surface area contributed by atoms with Gasteiger partial charge in [-0.3, -0.25) is 0 Å². The van der Waals surface area contributed by atoms with Crippen LogP contribution in [-0.4, -0.2) is 46.7 Å². The van der Waals surface area contributed by atoms with E-state index in [0.717, 1.165) is 11.4 Å². The number of hydrogen-bond donors (Lipinski definition) is 1. The van der Waals surface area contributed by atoms with Gasteiger partial charge in [0.2, 0.25) is 0 Å². The Balaban J connectivity index is 2.22. The van der Waals surface area contributed by atoms with Crippen LogP contribution in [0, 0.1) is 0 Å². The summed E-state index contributed by atoms with van der Waals surface area (Å²) in [5.41, 5.74) is 1.55. The summed E-state index contributed by atoms with van der Waals surface area (Å²) in [6.45, 7) is 1.82. The number of rotatable bonds is 5. The number of benzene rings is 1. The second kappa shape index (κ2) is 5.35. The molecule has 0 spiro atoms. The van der Waals surface area contributed by atoms with E-state index in [-0.39, 0.29) is 11.8 Å². The van der Waals surface area contributed by atoms with Crippen molar-refractivity contribution in [3.05, 3.63) is 30.6 Å². The van der Waals surface area contributed by atoms with Gasteiger partial charge in [0, 0.05) is 12.3 Å². The molecule has 0 saturated heterocycles. The third-order valence-corrected chi connectivity index (χ3v) is 3.56. The molecule has 7 nitrogen and oxygen atoms in total. The molecule has 102 valence electrons. The minimum atomic E-state index is -3.02. The number of anilines is 1. The van der Waals surface area contributed by atoms with Crippen LogP contribution in [0.25, 0.3) is 5.69 Å². The highest BCUT2D eigenvalue weighted by molar-refractivity contribution is 7.90. The first-order chi connectivity index (χ1) is 8.96. The molecule has 1 atom stereocenters. The minimum absolute atomic E-state index is 0.0664. The predicted molar refractivity (Wildman–Crippen MR) is 71.9 cm³/mol. The molecule has 2 aromatic rings. The van der Waals surface area contributed by atoms with E-state index < -0.39 is 9.84 Å². The van der Waals surface area contributed by atoms with Crippen molar-refractivity contribution >= 4 is 15.5 Å². The Bertz CT molecular complexity index is 639. The van der Waals surface area contributed by atoms with Crippen LogP contribution < -0.4 is 5.32 Å². The molecule has 0 radical (unpaired) electrons. The minimum Gasteiger partial charge on any atom is -0.380 e. The molecule has 19 heavy (non-hydrogen) atoms. The average Bonchev–Trinajstić information content (AvgIpc) is 2.80. The maximum atomic E-state index is 11.3. The van der Waals surface area contributed by atoms with Gasteiger partial charge in [0.05, 0.1) is 17.1 Å². The maximum Gasteiger partial charge on any atom is 0.149 e. The highest BCUT2D eigenvalue weighted by atomic mass is 32.2. The van der Waals surface area contributed by atoms with Gasteiger partial charge in [0.15, 0.2) is 0 Å². The Morgan fingerprint density at radius 2 is 2.11 bits per heavy atom. The first-order valence-corrected chi connectivity index (χ1v) is 7.78. The highest BCUT2D eigenvalue weighted by Crippen LogP contribution is 2.19. The van der Waals surface area contributed by atoms with Crippen LogP contribution in [0.1, 0.15) is 6.92 Å². The molecular weight excluding hydrogens is 266 g/mol. The van der Waals surface area contributed by atoms with Crippen LogP contribution in [-0.2, 0) is 9.84 Å². The van der Waals surface area contributed by atoms with Crippen molar-refractivity contribution in [1.82, 2.24) is 20.2 Å². The largest absolute Gasteiger partial charge is 0.380 e. The summed E-state index contributed by atoms with van der Waals surface area (Å²) in [5.74, 6) is 0.0664. The molecule has 0 bridgehead atoms. The quantitative estimate of drug-likeness (QED) is 0.858. The molecule has 0 fully saturated rings. The summed E-state index contributed by atoms with van der Waals surface area (Å²) in [6.07, 6.45) is 2.71. The third kappa shape index (κ3) is 3.75. The maximum absolute atomic E-state index is 11.3. The van der Waals surface area contributed by atoms with Crippen molar-refractivity contribution in [3.63, 3.8) is 0 Å². The Morgan fingerprint density at radius 3 is 2.74 bits per heavy atom. The number of aromatic nitrogens is 4. The number of nitrogens with zero attached hydrogens (tertiary/aromatic N) is 4. The topological polar surface area (TPSA) is 89.8 Å². The zero-order valence-corrected chi connectivity index (χ0v) is 11.5. The number of hydrogen-bond acceptors (Lipinski definition) is 6. The lowest BCUT2D eigenvalue weighted by Crippen LogP contribution is -2.25. The van der Waals surface area contributed by atoms with Crippen molar-refractivity contribution < 1.29 is 8.42 Å². The summed E-state index contributed by atoms with van der Waals surface area (Å²) in [6, 6.07) is 7.24. The number of nitrogens with one attached hydrogen (secondary N) is 1.